The summed E-state index contributed by atoms with van der Waals surface area (Å²) in [6, 6.07) is 30.2. The van der Waals surface area contributed by atoms with E-state index in [-0.39, 0.29) is 5.41 Å². The van der Waals surface area contributed by atoms with Gasteiger partial charge in [0.25, 0.3) is 0 Å². The summed E-state index contributed by atoms with van der Waals surface area (Å²) in [4.78, 5) is 0. The fraction of sp³-hybridized carbons (Fsp3) is 0.0400. The molecule has 0 heterocycles. The Morgan fingerprint density at radius 3 is 1.88 bits per heavy atom. The third kappa shape index (κ3) is 2.15. The zero-order valence-corrected chi connectivity index (χ0v) is 13.9. The monoisotopic (exact) mass is 318 g/mol. The topological polar surface area (TPSA) is 0 Å². The van der Waals surface area contributed by atoms with Gasteiger partial charge in [-0.25, -0.2) is 0 Å². The van der Waals surface area contributed by atoms with Crippen LogP contribution in [0.25, 0.3) is 11.6 Å². The molecular formula is C25H18. The van der Waals surface area contributed by atoms with Crippen LogP contribution in [0, 0.1) is 0 Å². The van der Waals surface area contributed by atoms with E-state index in [1.165, 1.54) is 33.4 Å². The van der Waals surface area contributed by atoms with Crippen LogP contribution in [0.1, 0.15) is 22.3 Å². The summed E-state index contributed by atoms with van der Waals surface area (Å²) in [5, 5.41) is 0. The van der Waals surface area contributed by atoms with Crippen LogP contribution in [0.15, 0.2) is 109 Å². The van der Waals surface area contributed by atoms with Crippen LogP contribution < -0.4 is 0 Å². The fourth-order valence-electron chi connectivity index (χ4n) is 4.02. The highest BCUT2D eigenvalue weighted by Crippen LogP contribution is 2.46. The van der Waals surface area contributed by atoms with E-state index in [4.69, 9.17) is 0 Å². The molecule has 3 aromatic carbocycles. The van der Waals surface area contributed by atoms with Gasteiger partial charge in [-0.15, -0.1) is 0 Å². The Balaban J connectivity index is 1.78. The third-order valence-electron chi connectivity index (χ3n) is 5.27. The summed E-state index contributed by atoms with van der Waals surface area (Å²) in [5.74, 6) is 0. The second-order valence-corrected chi connectivity index (χ2v) is 6.68. The molecule has 2 aliphatic carbocycles. The van der Waals surface area contributed by atoms with Gasteiger partial charge in [0.05, 0.1) is 5.41 Å². The largest absolute Gasteiger partial charge is 0.0652 e. The van der Waals surface area contributed by atoms with E-state index in [1.54, 1.807) is 0 Å². The van der Waals surface area contributed by atoms with Crippen LogP contribution in [-0.2, 0) is 5.41 Å². The van der Waals surface area contributed by atoms with Gasteiger partial charge < -0.3 is 0 Å². The number of fused-ring (bicyclic) bond motifs is 3. The standard InChI is InChI=1S/C25H18/c1-3-10-21(11-4-1)25(22-12-5-2-6-13-22)16-15-20-17-19-9-7-8-14-23(19)24(20)18-25/h1-18H. The Kier molecular flexibility index (Phi) is 3.11. The average molecular weight is 318 g/mol. The lowest BCUT2D eigenvalue weighted by Gasteiger charge is -2.33. The minimum Gasteiger partial charge on any atom is -0.0652 e. The second-order valence-electron chi connectivity index (χ2n) is 6.68. The molecule has 0 aliphatic heterocycles. The molecule has 0 bridgehead atoms. The Hall–Kier alpha value is -3.12. The SMILES string of the molecule is C1=CC(c2ccccc2)(c2ccccc2)C=C2C1=Cc1ccccc12. The molecule has 5 rings (SSSR count). The normalized spacial score (nSPS) is 16.6. The molecule has 0 nitrogen and oxygen atoms in total. The molecule has 0 amide bonds. The molecule has 0 fully saturated rings. The van der Waals surface area contributed by atoms with E-state index < -0.39 is 0 Å². The number of benzene rings is 3. The van der Waals surface area contributed by atoms with Gasteiger partial charge in [-0.3, -0.25) is 0 Å². The maximum absolute atomic E-state index is 2.44. The molecule has 0 aromatic heterocycles. The lowest BCUT2D eigenvalue weighted by molar-refractivity contribution is 0.811. The lowest BCUT2D eigenvalue weighted by Crippen LogP contribution is -2.25. The van der Waals surface area contributed by atoms with E-state index in [9.17, 15) is 0 Å². The highest BCUT2D eigenvalue weighted by Gasteiger charge is 2.34. The molecule has 0 radical (unpaired) electrons. The Morgan fingerprint density at radius 2 is 1.20 bits per heavy atom. The molecule has 2 aliphatic rings. The Labute approximate surface area is 148 Å². The summed E-state index contributed by atoms with van der Waals surface area (Å²) in [6.45, 7) is 0. The van der Waals surface area contributed by atoms with E-state index in [1.807, 2.05) is 0 Å². The molecule has 0 saturated carbocycles. The van der Waals surface area contributed by atoms with Gasteiger partial charge in [-0.05, 0) is 39.5 Å². The maximum Gasteiger partial charge on any atom is 0.0575 e. The van der Waals surface area contributed by atoms with Crippen LogP contribution in [-0.4, -0.2) is 0 Å². The molecular weight excluding hydrogens is 300 g/mol. The summed E-state index contributed by atoms with van der Waals surface area (Å²) in [6.07, 6.45) is 9.36. The van der Waals surface area contributed by atoms with Gasteiger partial charge in [0.2, 0.25) is 0 Å². The van der Waals surface area contributed by atoms with Crippen LogP contribution in [0.5, 0.6) is 0 Å². The van der Waals surface area contributed by atoms with Crippen molar-refractivity contribution in [3.05, 3.63) is 131 Å². The van der Waals surface area contributed by atoms with Crippen molar-refractivity contribution in [2.45, 2.75) is 5.41 Å². The van der Waals surface area contributed by atoms with Gasteiger partial charge in [-0.1, -0.05) is 103 Å². The van der Waals surface area contributed by atoms with Crippen molar-refractivity contribution in [2.75, 3.05) is 0 Å². The summed E-state index contributed by atoms with van der Waals surface area (Å²) < 4.78 is 0. The van der Waals surface area contributed by atoms with Crippen molar-refractivity contribution in [2.24, 2.45) is 0 Å². The zero-order chi connectivity index (χ0) is 16.7. The quantitative estimate of drug-likeness (QED) is 0.542. The molecule has 0 heteroatoms. The molecule has 0 spiro atoms. The molecule has 0 saturated heterocycles. The van der Waals surface area contributed by atoms with Crippen molar-refractivity contribution >= 4 is 11.6 Å². The van der Waals surface area contributed by atoms with E-state index >= 15 is 0 Å². The van der Waals surface area contributed by atoms with Gasteiger partial charge >= 0.3 is 0 Å². The van der Waals surface area contributed by atoms with Crippen LogP contribution >= 0.6 is 0 Å². The van der Waals surface area contributed by atoms with E-state index in [2.05, 4.69) is 109 Å². The van der Waals surface area contributed by atoms with Gasteiger partial charge in [0.1, 0.15) is 0 Å². The van der Waals surface area contributed by atoms with Crippen LogP contribution in [0.2, 0.25) is 0 Å². The van der Waals surface area contributed by atoms with Crippen molar-refractivity contribution in [3.63, 3.8) is 0 Å². The summed E-state index contributed by atoms with van der Waals surface area (Å²) >= 11 is 0. The number of hydrogen-bond donors (Lipinski definition) is 0. The molecule has 118 valence electrons. The predicted octanol–water partition coefficient (Wildman–Crippen LogP) is 6.02. The van der Waals surface area contributed by atoms with Crippen LogP contribution in [0.4, 0.5) is 0 Å². The molecule has 0 N–H and O–H groups in total. The zero-order valence-electron chi connectivity index (χ0n) is 13.9. The first-order valence-corrected chi connectivity index (χ1v) is 8.71. The van der Waals surface area contributed by atoms with Crippen LogP contribution in [0.3, 0.4) is 0 Å². The Morgan fingerprint density at radius 1 is 0.600 bits per heavy atom. The van der Waals surface area contributed by atoms with E-state index in [0.29, 0.717) is 0 Å². The van der Waals surface area contributed by atoms with Crippen molar-refractivity contribution in [1.29, 1.82) is 0 Å². The molecule has 3 aromatic rings. The first-order chi connectivity index (χ1) is 12.4. The fourth-order valence-corrected chi connectivity index (χ4v) is 4.02. The maximum atomic E-state index is 2.44. The summed E-state index contributed by atoms with van der Waals surface area (Å²) in [7, 11) is 0. The molecule has 0 unspecified atom stereocenters. The average Bonchev–Trinajstić information content (AvgIpc) is 3.07. The first-order valence-electron chi connectivity index (χ1n) is 8.71. The van der Waals surface area contributed by atoms with Gasteiger partial charge in [0.15, 0.2) is 0 Å². The first kappa shape index (κ1) is 14.2. The molecule has 0 atom stereocenters. The lowest BCUT2D eigenvalue weighted by atomic mass is 9.70. The van der Waals surface area contributed by atoms with Gasteiger partial charge in [0, 0.05) is 0 Å². The van der Waals surface area contributed by atoms with Gasteiger partial charge in [-0.2, -0.15) is 0 Å². The summed E-state index contributed by atoms with van der Waals surface area (Å²) in [5.41, 5.74) is 7.66. The highest BCUT2D eigenvalue weighted by atomic mass is 14.4. The van der Waals surface area contributed by atoms with Crippen molar-refractivity contribution in [3.8, 4) is 0 Å². The molecule has 25 heavy (non-hydrogen) atoms. The number of hydrogen-bond acceptors (Lipinski definition) is 0. The minimum absolute atomic E-state index is 0.230. The predicted molar refractivity (Wildman–Crippen MR) is 105 cm³/mol. The second kappa shape index (κ2) is 5.46. The third-order valence-corrected chi connectivity index (χ3v) is 5.27. The number of rotatable bonds is 2. The van der Waals surface area contributed by atoms with Crippen molar-refractivity contribution < 1.29 is 0 Å². The van der Waals surface area contributed by atoms with E-state index in [0.717, 1.165) is 0 Å². The Bertz CT molecular complexity index is 978. The van der Waals surface area contributed by atoms with Crippen molar-refractivity contribution in [1.82, 2.24) is 0 Å². The highest BCUT2D eigenvalue weighted by molar-refractivity contribution is 5.98. The smallest absolute Gasteiger partial charge is 0.0575 e. The minimum atomic E-state index is -0.230. The number of allylic oxidation sites excluding steroid dienone is 5.